The first-order valence-electron chi connectivity index (χ1n) is 5.92. The first-order chi connectivity index (χ1) is 8.74. The molecular formula is C13H18N4O. The van der Waals surface area contributed by atoms with E-state index >= 15 is 0 Å². The lowest BCUT2D eigenvalue weighted by Crippen LogP contribution is -2.28. The molecule has 0 aliphatic heterocycles. The third kappa shape index (κ3) is 2.69. The number of hydrogen-bond acceptors (Lipinski definition) is 4. The highest BCUT2D eigenvalue weighted by molar-refractivity contribution is 5.35. The second-order valence-electron chi connectivity index (χ2n) is 4.05. The van der Waals surface area contributed by atoms with Crippen LogP contribution in [0.2, 0.25) is 0 Å². The van der Waals surface area contributed by atoms with Crippen LogP contribution in [0.3, 0.4) is 0 Å². The van der Waals surface area contributed by atoms with E-state index in [1.165, 1.54) is 0 Å². The average molecular weight is 246 g/mol. The predicted molar refractivity (Wildman–Crippen MR) is 70.0 cm³/mol. The summed E-state index contributed by atoms with van der Waals surface area (Å²) in [5.41, 5.74) is 4.88. The number of hydrazine groups is 1. The number of nitrogens with one attached hydrogen (secondary N) is 1. The number of nitrogens with zero attached hydrogens (tertiary/aromatic N) is 2. The van der Waals surface area contributed by atoms with E-state index in [0.717, 1.165) is 16.9 Å². The molecule has 0 aliphatic rings. The van der Waals surface area contributed by atoms with Crippen molar-refractivity contribution < 1.29 is 4.74 Å². The third-order valence-electron chi connectivity index (χ3n) is 2.73. The molecule has 0 radical (unpaired) electrons. The van der Waals surface area contributed by atoms with Crippen LogP contribution < -0.4 is 16.0 Å². The maximum Gasteiger partial charge on any atom is 0.119 e. The fourth-order valence-electron chi connectivity index (χ4n) is 1.92. The van der Waals surface area contributed by atoms with E-state index in [-0.39, 0.29) is 6.04 Å². The Morgan fingerprint density at radius 2 is 2.28 bits per heavy atom. The van der Waals surface area contributed by atoms with Crippen molar-refractivity contribution in [3.63, 3.8) is 0 Å². The monoisotopic (exact) mass is 246 g/mol. The molecule has 0 spiro atoms. The lowest BCUT2D eigenvalue weighted by molar-refractivity contribution is 0.339. The molecule has 1 aromatic carbocycles. The molecule has 0 fully saturated rings. The van der Waals surface area contributed by atoms with Crippen LogP contribution in [-0.2, 0) is 7.05 Å². The Morgan fingerprint density at radius 3 is 2.89 bits per heavy atom. The average Bonchev–Trinajstić information content (AvgIpc) is 2.78. The van der Waals surface area contributed by atoms with Crippen LogP contribution in [0.5, 0.6) is 5.75 Å². The molecule has 3 N–H and O–H groups in total. The molecular weight excluding hydrogens is 228 g/mol. The molecule has 5 nitrogen and oxygen atoms in total. The van der Waals surface area contributed by atoms with Crippen LogP contribution in [0, 0.1) is 0 Å². The molecule has 0 bridgehead atoms. The van der Waals surface area contributed by atoms with Crippen LogP contribution in [-0.4, -0.2) is 16.4 Å². The standard InChI is InChI=1S/C13H18N4O/c1-3-18-12-6-4-5-10(7-12)13(16-14)11-8-15-17(2)9-11/h4-9,13,16H,3,14H2,1-2H3. The molecule has 18 heavy (non-hydrogen) atoms. The van der Waals surface area contributed by atoms with Gasteiger partial charge in [-0.2, -0.15) is 5.10 Å². The second-order valence-corrected chi connectivity index (χ2v) is 4.05. The summed E-state index contributed by atoms with van der Waals surface area (Å²) in [6.07, 6.45) is 3.75. The summed E-state index contributed by atoms with van der Waals surface area (Å²) in [5.74, 6) is 6.49. The van der Waals surface area contributed by atoms with Gasteiger partial charge in [0.2, 0.25) is 0 Å². The molecule has 2 aromatic rings. The van der Waals surface area contributed by atoms with E-state index in [0.29, 0.717) is 6.61 Å². The number of rotatable bonds is 5. The van der Waals surface area contributed by atoms with Gasteiger partial charge in [0, 0.05) is 18.8 Å². The third-order valence-corrected chi connectivity index (χ3v) is 2.73. The van der Waals surface area contributed by atoms with E-state index < -0.39 is 0 Å². The van der Waals surface area contributed by atoms with Crippen molar-refractivity contribution in [2.24, 2.45) is 12.9 Å². The lowest BCUT2D eigenvalue weighted by Gasteiger charge is -2.15. The van der Waals surface area contributed by atoms with E-state index in [1.807, 2.05) is 44.4 Å². The fraction of sp³-hybridized carbons (Fsp3) is 0.308. The molecule has 1 atom stereocenters. The summed E-state index contributed by atoms with van der Waals surface area (Å²) < 4.78 is 7.25. The van der Waals surface area contributed by atoms with Crippen molar-refractivity contribution in [3.8, 4) is 5.75 Å². The number of benzene rings is 1. The van der Waals surface area contributed by atoms with Gasteiger partial charge in [-0.05, 0) is 24.6 Å². The highest BCUT2D eigenvalue weighted by atomic mass is 16.5. The largest absolute Gasteiger partial charge is 0.494 e. The molecule has 96 valence electrons. The smallest absolute Gasteiger partial charge is 0.119 e. The molecule has 1 heterocycles. The van der Waals surface area contributed by atoms with Crippen LogP contribution in [0.15, 0.2) is 36.7 Å². The van der Waals surface area contributed by atoms with Gasteiger partial charge in [-0.25, -0.2) is 5.43 Å². The van der Waals surface area contributed by atoms with Gasteiger partial charge in [-0.15, -0.1) is 0 Å². The predicted octanol–water partition coefficient (Wildman–Crippen LogP) is 1.37. The Labute approximate surface area is 107 Å². The highest BCUT2D eigenvalue weighted by Gasteiger charge is 2.14. The minimum absolute atomic E-state index is 0.0842. The van der Waals surface area contributed by atoms with Crippen molar-refractivity contribution in [1.82, 2.24) is 15.2 Å². The van der Waals surface area contributed by atoms with Gasteiger partial charge in [-0.3, -0.25) is 10.5 Å². The number of aryl methyl sites for hydroxylation is 1. The van der Waals surface area contributed by atoms with Crippen LogP contribution in [0.4, 0.5) is 0 Å². The number of ether oxygens (including phenoxy) is 1. The Balaban J connectivity index is 2.29. The van der Waals surface area contributed by atoms with Crippen molar-refractivity contribution in [2.45, 2.75) is 13.0 Å². The van der Waals surface area contributed by atoms with E-state index in [2.05, 4.69) is 10.5 Å². The molecule has 1 unspecified atom stereocenters. The Kier molecular flexibility index (Phi) is 3.96. The lowest BCUT2D eigenvalue weighted by atomic mass is 10.0. The summed E-state index contributed by atoms with van der Waals surface area (Å²) in [6.45, 7) is 2.61. The van der Waals surface area contributed by atoms with Gasteiger partial charge in [-0.1, -0.05) is 12.1 Å². The van der Waals surface area contributed by atoms with Crippen LogP contribution in [0.25, 0.3) is 0 Å². The number of hydrogen-bond donors (Lipinski definition) is 2. The Morgan fingerprint density at radius 1 is 1.44 bits per heavy atom. The van der Waals surface area contributed by atoms with Crippen molar-refractivity contribution in [1.29, 1.82) is 0 Å². The minimum Gasteiger partial charge on any atom is -0.494 e. The van der Waals surface area contributed by atoms with Crippen molar-refractivity contribution in [3.05, 3.63) is 47.8 Å². The molecule has 0 aliphatic carbocycles. The number of aromatic nitrogens is 2. The van der Waals surface area contributed by atoms with Crippen LogP contribution >= 0.6 is 0 Å². The molecule has 0 saturated heterocycles. The zero-order valence-electron chi connectivity index (χ0n) is 10.6. The Bertz CT molecular complexity index is 509. The SMILES string of the molecule is CCOc1cccc(C(NN)c2cnn(C)c2)c1. The summed E-state index contributed by atoms with van der Waals surface area (Å²) in [4.78, 5) is 0. The summed E-state index contributed by atoms with van der Waals surface area (Å²) in [5, 5.41) is 4.16. The summed E-state index contributed by atoms with van der Waals surface area (Å²) >= 11 is 0. The summed E-state index contributed by atoms with van der Waals surface area (Å²) in [6, 6.07) is 7.81. The zero-order valence-corrected chi connectivity index (χ0v) is 10.6. The molecule has 1 aromatic heterocycles. The first-order valence-corrected chi connectivity index (χ1v) is 5.92. The summed E-state index contributed by atoms with van der Waals surface area (Å²) in [7, 11) is 1.88. The molecule has 0 amide bonds. The van der Waals surface area contributed by atoms with Gasteiger partial charge in [0.05, 0.1) is 18.8 Å². The van der Waals surface area contributed by atoms with E-state index in [9.17, 15) is 0 Å². The van der Waals surface area contributed by atoms with Gasteiger partial charge in [0.1, 0.15) is 5.75 Å². The van der Waals surface area contributed by atoms with Gasteiger partial charge < -0.3 is 4.74 Å². The van der Waals surface area contributed by atoms with Crippen molar-refractivity contribution in [2.75, 3.05) is 6.61 Å². The maximum atomic E-state index is 5.64. The quantitative estimate of drug-likeness (QED) is 0.618. The topological polar surface area (TPSA) is 65.1 Å². The molecule has 5 heteroatoms. The van der Waals surface area contributed by atoms with E-state index in [1.54, 1.807) is 10.9 Å². The normalized spacial score (nSPS) is 12.4. The first kappa shape index (κ1) is 12.6. The van der Waals surface area contributed by atoms with Gasteiger partial charge in [0.25, 0.3) is 0 Å². The Hall–Kier alpha value is -1.85. The van der Waals surface area contributed by atoms with E-state index in [4.69, 9.17) is 10.6 Å². The fourth-order valence-corrected chi connectivity index (χ4v) is 1.92. The van der Waals surface area contributed by atoms with Gasteiger partial charge >= 0.3 is 0 Å². The zero-order chi connectivity index (χ0) is 13.0. The minimum atomic E-state index is -0.0842. The molecule has 0 saturated carbocycles. The van der Waals surface area contributed by atoms with Crippen molar-refractivity contribution >= 4 is 0 Å². The molecule has 2 rings (SSSR count). The van der Waals surface area contributed by atoms with Gasteiger partial charge in [0.15, 0.2) is 0 Å². The number of nitrogens with two attached hydrogens (primary N) is 1. The maximum absolute atomic E-state index is 5.64. The second kappa shape index (κ2) is 5.66. The van der Waals surface area contributed by atoms with Crippen LogP contribution in [0.1, 0.15) is 24.1 Å². The highest BCUT2D eigenvalue weighted by Crippen LogP contribution is 2.24.